The first-order valence-electron chi connectivity index (χ1n) is 12.7. The van der Waals surface area contributed by atoms with Gasteiger partial charge in [0.2, 0.25) is 5.91 Å². The highest BCUT2D eigenvalue weighted by Crippen LogP contribution is 2.43. The van der Waals surface area contributed by atoms with Gasteiger partial charge in [-0.05, 0) is 56.5 Å². The van der Waals surface area contributed by atoms with Crippen LogP contribution in [0.3, 0.4) is 0 Å². The summed E-state index contributed by atoms with van der Waals surface area (Å²) in [5.74, 6) is 1.18. The molecule has 0 unspecified atom stereocenters. The van der Waals surface area contributed by atoms with Crippen LogP contribution >= 0.6 is 0 Å². The molecular weight excluding hydrogens is 466 g/mol. The molecule has 0 bridgehead atoms. The molecular formula is C26H30F2N6O2. The van der Waals surface area contributed by atoms with Crippen molar-refractivity contribution in [2.45, 2.75) is 58.0 Å². The van der Waals surface area contributed by atoms with Crippen LogP contribution < -0.4 is 10.2 Å². The Morgan fingerprint density at radius 3 is 2.75 bits per heavy atom. The smallest absolute Gasteiger partial charge is 0.264 e. The van der Waals surface area contributed by atoms with Gasteiger partial charge in [0.05, 0.1) is 18.8 Å². The Hall–Kier alpha value is -3.27. The third-order valence-corrected chi connectivity index (χ3v) is 7.72. The van der Waals surface area contributed by atoms with Gasteiger partial charge in [0.1, 0.15) is 0 Å². The van der Waals surface area contributed by atoms with Crippen LogP contribution in [0.15, 0.2) is 29.1 Å². The second-order valence-corrected chi connectivity index (χ2v) is 9.85. The molecule has 3 aromatic rings. The third kappa shape index (κ3) is 3.97. The van der Waals surface area contributed by atoms with Crippen LogP contribution in [-0.4, -0.2) is 51.8 Å². The normalized spacial score (nSPS) is 18.4. The van der Waals surface area contributed by atoms with Crippen molar-refractivity contribution in [3.8, 4) is 11.3 Å². The fourth-order valence-corrected chi connectivity index (χ4v) is 5.88. The Labute approximate surface area is 208 Å². The second-order valence-electron chi connectivity index (χ2n) is 9.85. The lowest BCUT2D eigenvalue weighted by Crippen LogP contribution is -2.36. The van der Waals surface area contributed by atoms with Crippen molar-refractivity contribution >= 4 is 17.4 Å². The fourth-order valence-electron chi connectivity index (χ4n) is 5.88. The number of anilines is 2. The highest BCUT2D eigenvalue weighted by Gasteiger charge is 2.34. The van der Waals surface area contributed by atoms with Gasteiger partial charge in [-0.25, -0.2) is 13.8 Å². The Kier molecular flexibility index (Phi) is 5.99. The molecule has 3 aliphatic rings. The topological polar surface area (TPSA) is 79.4 Å². The van der Waals surface area contributed by atoms with E-state index < -0.39 is 6.43 Å². The Bertz CT molecular complexity index is 1270. The minimum absolute atomic E-state index is 0.0388. The van der Waals surface area contributed by atoms with Crippen molar-refractivity contribution in [3.63, 3.8) is 0 Å². The van der Waals surface area contributed by atoms with Crippen LogP contribution in [0.2, 0.25) is 0 Å². The average molecular weight is 497 g/mol. The number of hydrogen-bond acceptors (Lipinski definition) is 6. The van der Waals surface area contributed by atoms with E-state index >= 15 is 0 Å². The molecule has 1 aromatic carbocycles. The number of rotatable bonds is 4. The Balaban J connectivity index is 1.47. The highest BCUT2D eigenvalue weighted by atomic mass is 19.3. The number of amides is 1. The third-order valence-electron chi connectivity index (χ3n) is 7.72. The maximum absolute atomic E-state index is 14.2. The Morgan fingerprint density at radius 1 is 1.19 bits per heavy atom. The lowest BCUT2D eigenvalue weighted by molar-refractivity contribution is -0.129. The van der Waals surface area contributed by atoms with Crippen molar-refractivity contribution < 1.29 is 18.0 Å². The molecule has 5 heterocycles. The number of carbonyl (C=O) groups is 1. The number of aryl methyl sites for hydroxylation is 1. The van der Waals surface area contributed by atoms with E-state index in [2.05, 4.69) is 19.9 Å². The predicted molar refractivity (Wildman–Crippen MR) is 130 cm³/mol. The van der Waals surface area contributed by atoms with Crippen molar-refractivity contribution in [2.24, 2.45) is 0 Å². The molecule has 1 N–H and O–H groups in total. The molecule has 0 spiro atoms. The van der Waals surface area contributed by atoms with E-state index in [9.17, 15) is 13.6 Å². The van der Waals surface area contributed by atoms with Crippen LogP contribution in [0.1, 0.15) is 61.0 Å². The van der Waals surface area contributed by atoms with E-state index in [1.54, 1.807) is 13.0 Å². The number of fused-ring (bicyclic) bond motifs is 2. The van der Waals surface area contributed by atoms with Gasteiger partial charge in [-0.3, -0.25) is 9.48 Å². The molecule has 0 radical (unpaired) electrons. The zero-order valence-electron chi connectivity index (χ0n) is 20.3. The van der Waals surface area contributed by atoms with E-state index in [1.165, 1.54) is 18.3 Å². The standard InChI is InChI=1S/C26H30F2N6O2/c1-16(35)32-10-6-22-21(14-32)26(31-34(22)18-4-7-29-8-5-18)33-9-2-3-17-11-19(24-13-30-15-36-24)20(25(27)28)12-23(17)33/h11-13,15,18,25,29H,2-10,14H2,1H3. The molecule has 0 saturated carbocycles. The van der Waals surface area contributed by atoms with E-state index in [0.29, 0.717) is 37.0 Å². The molecule has 10 heteroatoms. The van der Waals surface area contributed by atoms with E-state index in [1.807, 2.05) is 11.0 Å². The number of hydrogen-bond donors (Lipinski definition) is 1. The van der Waals surface area contributed by atoms with E-state index in [0.717, 1.165) is 67.8 Å². The summed E-state index contributed by atoms with van der Waals surface area (Å²) in [4.78, 5) is 20.1. The van der Waals surface area contributed by atoms with Gasteiger partial charge in [0, 0.05) is 54.5 Å². The molecule has 6 rings (SSSR count). The van der Waals surface area contributed by atoms with Crippen LogP contribution in [0, 0.1) is 0 Å². The van der Waals surface area contributed by atoms with Gasteiger partial charge in [-0.1, -0.05) is 0 Å². The molecule has 1 saturated heterocycles. The molecule has 1 fully saturated rings. The molecule has 36 heavy (non-hydrogen) atoms. The summed E-state index contributed by atoms with van der Waals surface area (Å²) < 4.78 is 36.0. The molecule has 0 atom stereocenters. The Morgan fingerprint density at radius 2 is 2.03 bits per heavy atom. The minimum Gasteiger partial charge on any atom is -0.444 e. The highest BCUT2D eigenvalue weighted by molar-refractivity contribution is 5.77. The van der Waals surface area contributed by atoms with Crippen molar-refractivity contribution in [1.82, 2.24) is 25.0 Å². The van der Waals surface area contributed by atoms with Crippen LogP contribution in [0.5, 0.6) is 0 Å². The number of piperidine rings is 1. The number of alkyl halides is 2. The number of oxazole rings is 1. The lowest BCUT2D eigenvalue weighted by atomic mass is 9.94. The van der Waals surface area contributed by atoms with Crippen molar-refractivity contribution in [2.75, 3.05) is 31.1 Å². The summed E-state index contributed by atoms with van der Waals surface area (Å²) in [7, 11) is 0. The maximum atomic E-state index is 14.2. The van der Waals surface area contributed by atoms with Gasteiger partial charge in [-0.2, -0.15) is 5.10 Å². The molecule has 8 nitrogen and oxygen atoms in total. The average Bonchev–Trinajstić information content (AvgIpc) is 3.56. The number of nitrogens with zero attached hydrogens (tertiary/aromatic N) is 5. The van der Waals surface area contributed by atoms with Crippen molar-refractivity contribution in [3.05, 3.63) is 47.1 Å². The quantitative estimate of drug-likeness (QED) is 0.577. The summed E-state index contributed by atoms with van der Waals surface area (Å²) in [6, 6.07) is 3.72. The summed E-state index contributed by atoms with van der Waals surface area (Å²) in [5, 5.41) is 8.56. The van der Waals surface area contributed by atoms with Crippen LogP contribution in [0.4, 0.5) is 20.3 Å². The van der Waals surface area contributed by atoms with Gasteiger partial charge in [0.25, 0.3) is 6.43 Å². The van der Waals surface area contributed by atoms with Gasteiger partial charge in [0.15, 0.2) is 18.0 Å². The SMILES string of the molecule is CC(=O)N1CCc2c(c(N3CCCc4cc(-c5cnco5)c(C(F)F)cc43)nn2C2CCNCC2)C1. The molecule has 3 aliphatic heterocycles. The minimum atomic E-state index is -2.66. The number of halogens is 2. The first kappa shape index (κ1) is 23.1. The van der Waals surface area contributed by atoms with Crippen LogP contribution in [0.25, 0.3) is 11.3 Å². The molecule has 2 aromatic heterocycles. The van der Waals surface area contributed by atoms with Gasteiger partial charge in [-0.15, -0.1) is 0 Å². The number of carbonyl (C=O) groups excluding carboxylic acids is 1. The van der Waals surface area contributed by atoms with E-state index in [4.69, 9.17) is 9.52 Å². The van der Waals surface area contributed by atoms with Crippen LogP contribution in [-0.2, 0) is 24.2 Å². The largest absolute Gasteiger partial charge is 0.444 e. The fraction of sp³-hybridized carbons (Fsp3) is 0.500. The molecule has 0 aliphatic carbocycles. The number of aromatic nitrogens is 3. The lowest BCUT2D eigenvalue weighted by Gasteiger charge is -2.33. The maximum Gasteiger partial charge on any atom is 0.264 e. The zero-order valence-corrected chi connectivity index (χ0v) is 20.3. The summed E-state index contributed by atoms with van der Waals surface area (Å²) in [6.45, 7) is 5.34. The van der Waals surface area contributed by atoms with E-state index in [-0.39, 0.29) is 11.5 Å². The monoisotopic (exact) mass is 496 g/mol. The second kappa shape index (κ2) is 9.31. The summed E-state index contributed by atoms with van der Waals surface area (Å²) in [6.07, 6.45) is 4.48. The number of nitrogens with one attached hydrogen (secondary N) is 1. The zero-order chi connectivity index (χ0) is 24.8. The van der Waals surface area contributed by atoms with Gasteiger partial charge < -0.3 is 19.5 Å². The summed E-state index contributed by atoms with van der Waals surface area (Å²) >= 11 is 0. The first-order chi connectivity index (χ1) is 17.5. The van der Waals surface area contributed by atoms with Gasteiger partial charge >= 0.3 is 0 Å². The number of benzene rings is 1. The first-order valence-corrected chi connectivity index (χ1v) is 12.7. The van der Waals surface area contributed by atoms with Crippen molar-refractivity contribution in [1.29, 1.82) is 0 Å². The molecule has 1 amide bonds. The predicted octanol–water partition coefficient (Wildman–Crippen LogP) is 4.39. The molecule has 190 valence electrons. The summed E-state index contributed by atoms with van der Waals surface area (Å²) in [5.41, 5.74) is 4.27.